The minimum atomic E-state index is -0.0998. The zero-order valence-electron chi connectivity index (χ0n) is 6.82. The molecule has 66 valence electrons. The Hall–Kier alpha value is -0.810. The molecule has 1 aromatic rings. The molecular weight excluding hydrogens is 176 g/mol. The largest absolute Gasteiger partial charge is 0.373 e. The van der Waals surface area contributed by atoms with E-state index >= 15 is 0 Å². The molecule has 0 atom stereocenters. The van der Waals surface area contributed by atoms with Gasteiger partial charge in [-0.25, -0.2) is 0 Å². The first kappa shape index (κ1) is 9.28. The summed E-state index contributed by atoms with van der Waals surface area (Å²) in [5.41, 5.74) is 0.399. The molecule has 0 fully saturated rings. The monoisotopic (exact) mass is 186 g/mol. The van der Waals surface area contributed by atoms with Crippen LogP contribution in [0.5, 0.6) is 0 Å². The van der Waals surface area contributed by atoms with Crippen molar-refractivity contribution in [1.29, 1.82) is 0 Å². The second-order valence-corrected chi connectivity index (χ2v) is 2.88. The van der Waals surface area contributed by atoms with Crippen LogP contribution in [0, 0.1) is 0 Å². The van der Waals surface area contributed by atoms with Crippen molar-refractivity contribution < 1.29 is 9.53 Å². The summed E-state index contributed by atoms with van der Waals surface area (Å²) < 4.78 is 8.64. The van der Waals surface area contributed by atoms with E-state index in [2.05, 4.69) is 9.59 Å². The Labute approximate surface area is 74.7 Å². The Kier molecular flexibility index (Phi) is 3.83. The van der Waals surface area contributed by atoms with Crippen LogP contribution in [-0.2, 0) is 4.74 Å². The topological polar surface area (TPSA) is 52.1 Å². The average Bonchev–Trinajstić information content (AvgIpc) is 2.56. The first-order chi connectivity index (χ1) is 5.84. The summed E-state index contributed by atoms with van der Waals surface area (Å²) in [6.07, 6.45) is 0.919. The Bertz CT molecular complexity index is 236. The Morgan fingerprint density at radius 2 is 2.58 bits per heavy atom. The molecule has 0 bridgehead atoms. The van der Waals surface area contributed by atoms with Crippen molar-refractivity contribution in [1.82, 2.24) is 9.59 Å². The molecule has 5 heteroatoms. The van der Waals surface area contributed by atoms with Crippen molar-refractivity contribution in [2.24, 2.45) is 0 Å². The van der Waals surface area contributed by atoms with Gasteiger partial charge in [-0.2, -0.15) is 0 Å². The van der Waals surface area contributed by atoms with Gasteiger partial charge in [0.15, 0.2) is 0 Å². The van der Waals surface area contributed by atoms with Gasteiger partial charge in [-0.1, -0.05) is 11.4 Å². The van der Waals surface area contributed by atoms with Gasteiger partial charge in [-0.15, -0.1) is 5.10 Å². The molecule has 0 spiro atoms. The Morgan fingerprint density at radius 1 is 1.75 bits per heavy atom. The molecule has 0 aliphatic heterocycles. The molecule has 0 saturated heterocycles. The summed E-state index contributed by atoms with van der Waals surface area (Å²) >= 11 is 1.17. The molecule has 0 aliphatic carbocycles. The van der Waals surface area contributed by atoms with Crippen LogP contribution in [0.1, 0.15) is 23.8 Å². The number of aromatic nitrogens is 2. The number of nitrogens with zero attached hydrogens (tertiary/aromatic N) is 2. The van der Waals surface area contributed by atoms with Crippen molar-refractivity contribution in [3.05, 3.63) is 11.1 Å². The van der Waals surface area contributed by atoms with Crippen molar-refractivity contribution in [3.8, 4) is 0 Å². The van der Waals surface area contributed by atoms with Crippen LogP contribution in [0.3, 0.4) is 0 Å². The molecule has 0 N–H and O–H groups in total. The standard InChI is InChI=1S/C7H10N2O2S/c1-2-3-11-4-7(10)6-5-12-9-8-6/h5H,2-4H2,1H3. The van der Waals surface area contributed by atoms with Crippen molar-refractivity contribution in [3.63, 3.8) is 0 Å². The molecule has 1 aromatic heterocycles. The summed E-state index contributed by atoms with van der Waals surface area (Å²) in [5, 5.41) is 5.26. The second kappa shape index (κ2) is 4.95. The lowest BCUT2D eigenvalue weighted by atomic mass is 10.3. The summed E-state index contributed by atoms with van der Waals surface area (Å²) in [6, 6.07) is 0. The van der Waals surface area contributed by atoms with Crippen LogP contribution in [0.4, 0.5) is 0 Å². The highest BCUT2D eigenvalue weighted by Gasteiger charge is 2.07. The fourth-order valence-electron chi connectivity index (χ4n) is 0.669. The number of carbonyl (C=O) groups is 1. The van der Waals surface area contributed by atoms with E-state index < -0.39 is 0 Å². The van der Waals surface area contributed by atoms with Crippen molar-refractivity contribution in [2.75, 3.05) is 13.2 Å². The second-order valence-electron chi connectivity index (χ2n) is 2.27. The SMILES string of the molecule is CCCOCC(=O)c1csnn1. The maximum absolute atomic E-state index is 11.2. The number of hydrogen-bond acceptors (Lipinski definition) is 5. The van der Waals surface area contributed by atoms with E-state index in [9.17, 15) is 4.79 Å². The zero-order chi connectivity index (χ0) is 8.81. The first-order valence-electron chi connectivity index (χ1n) is 3.72. The van der Waals surface area contributed by atoms with Gasteiger partial charge >= 0.3 is 0 Å². The summed E-state index contributed by atoms with van der Waals surface area (Å²) in [5.74, 6) is -0.0998. The van der Waals surface area contributed by atoms with Gasteiger partial charge in [0.25, 0.3) is 0 Å². The molecule has 0 aromatic carbocycles. The number of ketones is 1. The average molecular weight is 186 g/mol. The van der Waals surface area contributed by atoms with Crippen LogP contribution in [-0.4, -0.2) is 28.6 Å². The highest BCUT2D eigenvalue weighted by Crippen LogP contribution is 1.98. The normalized spacial score (nSPS) is 10.1. The first-order valence-corrected chi connectivity index (χ1v) is 4.56. The predicted octanol–water partition coefficient (Wildman–Crippen LogP) is 1.15. The molecule has 0 radical (unpaired) electrons. The molecule has 0 aliphatic rings. The van der Waals surface area contributed by atoms with Crippen LogP contribution in [0.15, 0.2) is 5.38 Å². The molecule has 12 heavy (non-hydrogen) atoms. The third-order valence-corrected chi connectivity index (χ3v) is 1.73. The fraction of sp³-hybridized carbons (Fsp3) is 0.571. The molecule has 0 saturated carbocycles. The molecule has 0 amide bonds. The summed E-state index contributed by atoms with van der Waals surface area (Å²) in [7, 11) is 0. The molecule has 4 nitrogen and oxygen atoms in total. The predicted molar refractivity (Wildman–Crippen MR) is 45.3 cm³/mol. The highest BCUT2D eigenvalue weighted by atomic mass is 32.1. The van der Waals surface area contributed by atoms with E-state index in [1.54, 1.807) is 5.38 Å². The van der Waals surface area contributed by atoms with Crippen LogP contribution >= 0.6 is 11.5 Å². The third-order valence-electron chi connectivity index (χ3n) is 1.23. The van der Waals surface area contributed by atoms with Crippen molar-refractivity contribution in [2.45, 2.75) is 13.3 Å². The number of carbonyl (C=O) groups excluding carboxylic acids is 1. The zero-order valence-corrected chi connectivity index (χ0v) is 7.63. The Morgan fingerprint density at radius 3 is 3.17 bits per heavy atom. The van der Waals surface area contributed by atoms with E-state index in [-0.39, 0.29) is 12.4 Å². The molecular formula is C7H10N2O2S. The number of ether oxygens (including phenoxy) is 1. The van der Waals surface area contributed by atoms with Gasteiger partial charge in [0, 0.05) is 12.0 Å². The van der Waals surface area contributed by atoms with E-state index in [4.69, 9.17) is 4.74 Å². The Balaban J connectivity index is 2.30. The maximum Gasteiger partial charge on any atom is 0.209 e. The van der Waals surface area contributed by atoms with Crippen LogP contribution in [0.2, 0.25) is 0 Å². The molecule has 1 heterocycles. The number of Topliss-reactive ketones (excluding diaryl/α,β-unsaturated/α-hetero) is 1. The van der Waals surface area contributed by atoms with Crippen LogP contribution < -0.4 is 0 Å². The van der Waals surface area contributed by atoms with Gasteiger partial charge in [0.2, 0.25) is 5.78 Å². The minimum absolute atomic E-state index is 0.0998. The van der Waals surface area contributed by atoms with Crippen LogP contribution in [0.25, 0.3) is 0 Å². The fourth-order valence-corrected chi connectivity index (χ4v) is 1.13. The lowest BCUT2D eigenvalue weighted by Crippen LogP contribution is -2.09. The maximum atomic E-state index is 11.2. The number of hydrogen-bond donors (Lipinski definition) is 0. The van der Waals surface area contributed by atoms with Gasteiger partial charge in [-0.3, -0.25) is 4.79 Å². The van der Waals surface area contributed by atoms with Gasteiger partial charge < -0.3 is 4.74 Å². The van der Waals surface area contributed by atoms with E-state index in [0.717, 1.165) is 6.42 Å². The van der Waals surface area contributed by atoms with E-state index in [1.165, 1.54) is 11.5 Å². The minimum Gasteiger partial charge on any atom is -0.373 e. The summed E-state index contributed by atoms with van der Waals surface area (Å²) in [6.45, 7) is 2.72. The van der Waals surface area contributed by atoms with Crippen molar-refractivity contribution >= 4 is 17.3 Å². The van der Waals surface area contributed by atoms with E-state index in [0.29, 0.717) is 12.3 Å². The van der Waals surface area contributed by atoms with Gasteiger partial charge in [0.1, 0.15) is 12.3 Å². The highest BCUT2D eigenvalue weighted by molar-refractivity contribution is 7.03. The molecule has 0 unspecified atom stereocenters. The van der Waals surface area contributed by atoms with E-state index in [1.807, 2.05) is 6.92 Å². The third kappa shape index (κ3) is 2.67. The lowest BCUT2D eigenvalue weighted by Gasteiger charge is -1.97. The van der Waals surface area contributed by atoms with Gasteiger partial charge in [-0.05, 0) is 18.0 Å². The summed E-state index contributed by atoms with van der Waals surface area (Å²) in [4.78, 5) is 11.2. The quantitative estimate of drug-likeness (QED) is 0.511. The number of rotatable bonds is 5. The smallest absolute Gasteiger partial charge is 0.209 e. The lowest BCUT2D eigenvalue weighted by molar-refractivity contribution is 0.0756. The molecule has 1 rings (SSSR count). The van der Waals surface area contributed by atoms with Gasteiger partial charge in [0.05, 0.1) is 0 Å².